The van der Waals surface area contributed by atoms with E-state index in [-0.39, 0.29) is 30.5 Å². The van der Waals surface area contributed by atoms with Crippen LogP contribution in [0.4, 0.5) is 0 Å². The zero-order chi connectivity index (χ0) is 17.4. The Labute approximate surface area is 140 Å². The third-order valence-corrected chi connectivity index (χ3v) is 4.94. The molecular weight excluding hydrogens is 310 g/mol. The van der Waals surface area contributed by atoms with Crippen LogP contribution in [0.2, 0.25) is 0 Å². The number of aromatic nitrogens is 1. The number of fused-ring (bicyclic) bond motifs is 2. The lowest BCUT2D eigenvalue weighted by atomic mass is 10.1. The molecule has 24 heavy (non-hydrogen) atoms. The molecule has 3 heterocycles. The molecule has 2 aliphatic rings. The van der Waals surface area contributed by atoms with E-state index in [0.29, 0.717) is 35.5 Å². The lowest BCUT2D eigenvalue weighted by Crippen LogP contribution is -2.43. The number of nitrogens with zero attached hydrogens (tertiary/aromatic N) is 1. The average molecular weight is 333 g/mol. The van der Waals surface area contributed by atoms with Crippen molar-refractivity contribution in [1.29, 1.82) is 0 Å². The van der Waals surface area contributed by atoms with Gasteiger partial charge in [-0.25, -0.2) is 4.79 Å². The normalized spacial score (nSPS) is 23.0. The van der Waals surface area contributed by atoms with E-state index in [0.717, 1.165) is 12.8 Å². The molecule has 2 saturated heterocycles. The van der Waals surface area contributed by atoms with E-state index in [2.05, 4.69) is 10.3 Å². The summed E-state index contributed by atoms with van der Waals surface area (Å²) >= 11 is 0. The summed E-state index contributed by atoms with van der Waals surface area (Å²) in [5.41, 5.74) is 2.09. The van der Waals surface area contributed by atoms with Crippen LogP contribution in [0.5, 0.6) is 0 Å². The molecule has 2 amide bonds. The van der Waals surface area contributed by atoms with Crippen LogP contribution in [0.15, 0.2) is 0 Å². The number of nitrogens with one attached hydrogen (secondary N) is 2. The Balaban J connectivity index is 1.92. The van der Waals surface area contributed by atoms with Gasteiger partial charge >= 0.3 is 5.97 Å². The Morgan fingerprint density at radius 1 is 1.25 bits per heavy atom. The smallest absolute Gasteiger partial charge is 0.340 e. The van der Waals surface area contributed by atoms with Gasteiger partial charge in [-0.1, -0.05) is 0 Å². The lowest BCUT2D eigenvalue weighted by Gasteiger charge is -2.27. The zero-order valence-electron chi connectivity index (χ0n) is 14.3. The monoisotopic (exact) mass is 333 g/mol. The minimum atomic E-state index is -0.418. The van der Waals surface area contributed by atoms with Crippen molar-refractivity contribution in [2.24, 2.45) is 0 Å². The topological polar surface area (TPSA) is 91.5 Å². The highest BCUT2D eigenvalue weighted by Gasteiger charge is 2.41. The van der Waals surface area contributed by atoms with Gasteiger partial charge in [0.1, 0.15) is 5.69 Å². The molecule has 130 valence electrons. The maximum absolute atomic E-state index is 13.1. The molecule has 2 atom stereocenters. The third-order valence-electron chi connectivity index (χ3n) is 4.94. The van der Waals surface area contributed by atoms with Crippen molar-refractivity contribution >= 4 is 17.8 Å². The minimum absolute atomic E-state index is 0.00778. The van der Waals surface area contributed by atoms with E-state index in [9.17, 15) is 14.4 Å². The predicted molar refractivity (Wildman–Crippen MR) is 86.8 cm³/mol. The zero-order valence-corrected chi connectivity index (χ0v) is 14.3. The molecule has 0 radical (unpaired) electrons. The SMILES string of the molecule is CCOC(=O)c1c(C)[nH]c(C(=O)N2[C@@H]3CC[C@H]2CNC(=O)C3)c1C. The molecule has 0 spiro atoms. The first-order valence-corrected chi connectivity index (χ1v) is 8.39. The highest BCUT2D eigenvalue weighted by molar-refractivity contribution is 6.01. The largest absolute Gasteiger partial charge is 0.462 e. The lowest BCUT2D eigenvalue weighted by molar-refractivity contribution is -0.121. The van der Waals surface area contributed by atoms with Crippen LogP contribution in [0, 0.1) is 13.8 Å². The summed E-state index contributed by atoms with van der Waals surface area (Å²) in [6.45, 7) is 6.05. The number of aryl methyl sites for hydroxylation is 1. The number of ether oxygens (including phenoxy) is 1. The van der Waals surface area contributed by atoms with Crippen molar-refractivity contribution in [3.05, 3.63) is 22.5 Å². The van der Waals surface area contributed by atoms with E-state index >= 15 is 0 Å². The Hall–Kier alpha value is -2.31. The maximum Gasteiger partial charge on any atom is 0.340 e. The van der Waals surface area contributed by atoms with Gasteiger partial charge in [0.2, 0.25) is 5.91 Å². The molecule has 0 saturated carbocycles. The summed E-state index contributed by atoms with van der Waals surface area (Å²) in [7, 11) is 0. The van der Waals surface area contributed by atoms with Crippen molar-refractivity contribution < 1.29 is 19.1 Å². The van der Waals surface area contributed by atoms with Crippen molar-refractivity contribution in [1.82, 2.24) is 15.2 Å². The third kappa shape index (κ3) is 2.68. The van der Waals surface area contributed by atoms with Crippen molar-refractivity contribution in [2.45, 2.75) is 52.1 Å². The number of aromatic amines is 1. The molecule has 2 bridgehead atoms. The number of H-pyrrole nitrogens is 1. The van der Waals surface area contributed by atoms with Gasteiger partial charge in [-0.05, 0) is 39.2 Å². The van der Waals surface area contributed by atoms with Gasteiger partial charge < -0.3 is 19.9 Å². The van der Waals surface area contributed by atoms with Crippen molar-refractivity contribution in [3.63, 3.8) is 0 Å². The van der Waals surface area contributed by atoms with Crippen LogP contribution in [0.1, 0.15) is 58.3 Å². The maximum atomic E-state index is 13.1. The number of hydrogen-bond acceptors (Lipinski definition) is 4. The molecule has 0 unspecified atom stereocenters. The second kappa shape index (κ2) is 6.30. The molecule has 2 aliphatic heterocycles. The summed E-state index contributed by atoms with van der Waals surface area (Å²) in [6.07, 6.45) is 2.07. The van der Waals surface area contributed by atoms with E-state index in [1.807, 2.05) is 4.90 Å². The number of rotatable bonds is 3. The summed E-state index contributed by atoms with van der Waals surface area (Å²) in [6, 6.07) is -0.0537. The van der Waals surface area contributed by atoms with Crippen LogP contribution in [0.3, 0.4) is 0 Å². The Kier molecular flexibility index (Phi) is 4.34. The number of carbonyl (C=O) groups excluding carboxylic acids is 3. The summed E-state index contributed by atoms with van der Waals surface area (Å²) in [4.78, 5) is 41.8. The number of amides is 2. The van der Waals surface area contributed by atoms with Crippen LogP contribution < -0.4 is 5.32 Å². The van der Waals surface area contributed by atoms with Crippen molar-refractivity contribution in [3.8, 4) is 0 Å². The van der Waals surface area contributed by atoms with Gasteiger partial charge in [-0.15, -0.1) is 0 Å². The van der Waals surface area contributed by atoms with Gasteiger partial charge in [0.15, 0.2) is 0 Å². The van der Waals surface area contributed by atoms with Gasteiger partial charge in [0.25, 0.3) is 5.91 Å². The molecule has 0 aromatic carbocycles. The first-order chi connectivity index (χ1) is 11.4. The summed E-state index contributed by atoms with van der Waals surface area (Å²) in [5, 5.41) is 2.86. The predicted octanol–water partition coefficient (Wildman–Crippen LogP) is 1.30. The van der Waals surface area contributed by atoms with Crippen molar-refractivity contribution in [2.75, 3.05) is 13.2 Å². The fourth-order valence-electron chi connectivity index (χ4n) is 3.81. The quantitative estimate of drug-likeness (QED) is 0.816. The first kappa shape index (κ1) is 16.5. The summed E-state index contributed by atoms with van der Waals surface area (Å²) < 4.78 is 5.08. The van der Waals surface area contributed by atoms with E-state index in [1.165, 1.54) is 0 Å². The number of esters is 1. The highest BCUT2D eigenvalue weighted by atomic mass is 16.5. The van der Waals surface area contributed by atoms with Crippen LogP contribution in [0.25, 0.3) is 0 Å². The average Bonchev–Trinajstić information content (AvgIpc) is 2.99. The van der Waals surface area contributed by atoms with E-state index in [1.54, 1.807) is 20.8 Å². The fourth-order valence-corrected chi connectivity index (χ4v) is 3.81. The highest BCUT2D eigenvalue weighted by Crippen LogP contribution is 2.31. The molecule has 7 nitrogen and oxygen atoms in total. The Morgan fingerprint density at radius 3 is 2.67 bits per heavy atom. The Bertz CT molecular complexity index is 694. The molecule has 1 aromatic heterocycles. The molecular formula is C17H23N3O4. The van der Waals surface area contributed by atoms with Gasteiger partial charge in [0.05, 0.1) is 12.2 Å². The first-order valence-electron chi connectivity index (χ1n) is 8.39. The fraction of sp³-hybridized carbons (Fsp3) is 0.588. The number of hydrogen-bond donors (Lipinski definition) is 2. The van der Waals surface area contributed by atoms with Crippen LogP contribution in [-0.2, 0) is 9.53 Å². The molecule has 1 aromatic rings. The van der Waals surface area contributed by atoms with Crippen LogP contribution in [-0.4, -0.2) is 52.9 Å². The standard InChI is InChI=1S/C17H23N3O4/c1-4-24-17(23)14-9(2)15(19-10(14)3)16(22)20-11-5-6-12(20)8-18-13(21)7-11/h11-12,19H,4-8H2,1-3H3,(H,18,21)/t11-,12+/m1/s1. The van der Waals surface area contributed by atoms with E-state index in [4.69, 9.17) is 4.74 Å². The minimum Gasteiger partial charge on any atom is -0.462 e. The second-order valence-corrected chi connectivity index (χ2v) is 6.45. The summed E-state index contributed by atoms with van der Waals surface area (Å²) in [5.74, 6) is -0.569. The molecule has 0 aliphatic carbocycles. The Morgan fingerprint density at radius 2 is 1.96 bits per heavy atom. The number of carbonyl (C=O) groups is 3. The molecule has 2 fully saturated rings. The van der Waals surface area contributed by atoms with Gasteiger partial charge in [-0.3, -0.25) is 9.59 Å². The second-order valence-electron chi connectivity index (χ2n) is 6.45. The van der Waals surface area contributed by atoms with Gasteiger partial charge in [0, 0.05) is 30.7 Å². The molecule has 3 rings (SSSR count). The van der Waals surface area contributed by atoms with Gasteiger partial charge in [-0.2, -0.15) is 0 Å². The van der Waals surface area contributed by atoms with E-state index < -0.39 is 5.97 Å². The van der Waals surface area contributed by atoms with Crippen LogP contribution >= 0.6 is 0 Å². The molecule has 2 N–H and O–H groups in total. The molecule has 7 heteroatoms.